The zero-order valence-electron chi connectivity index (χ0n) is 15.7. The lowest BCUT2D eigenvalue weighted by atomic mass is 10.1. The van der Waals surface area contributed by atoms with E-state index in [0.717, 1.165) is 30.3 Å². The second-order valence-corrected chi connectivity index (χ2v) is 6.10. The fourth-order valence-corrected chi connectivity index (χ4v) is 2.66. The molecule has 1 heterocycles. The predicted molar refractivity (Wildman–Crippen MR) is 122 cm³/mol. The molecular formula is C21H26IN5. The van der Waals surface area contributed by atoms with E-state index in [-0.39, 0.29) is 24.0 Å². The van der Waals surface area contributed by atoms with Crippen molar-refractivity contribution in [3.05, 3.63) is 83.7 Å². The topological polar surface area (TPSA) is 54.2 Å². The summed E-state index contributed by atoms with van der Waals surface area (Å²) in [7, 11) is 0. The molecule has 0 radical (unpaired) electrons. The first kappa shape index (κ1) is 21.0. The monoisotopic (exact) mass is 475 g/mol. The lowest BCUT2D eigenvalue weighted by molar-refractivity contribution is 0.812. The molecule has 2 N–H and O–H groups in total. The minimum absolute atomic E-state index is 0. The number of aliphatic imine (C=N–C) groups is 1. The number of para-hydroxylation sites is 1. The van der Waals surface area contributed by atoms with Crippen LogP contribution < -0.4 is 10.6 Å². The van der Waals surface area contributed by atoms with Crippen molar-refractivity contribution in [1.82, 2.24) is 20.4 Å². The van der Waals surface area contributed by atoms with Crippen molar-refractivity contribution in [3.8, 4) is 5.69 Å². The quantitative estimate of drug-likeness (QED) is 0.321. The standard InChI is InChI=1S/C21H25N5.HI/c1-3-22-21(24-15-19-10-8-7-9-17(19)2)23-13-18-14-25-26(16-18)20-11-5-4-6-12-20;/h4-12,14,16H,3,13,15H2,1-2H3,(H2,22,23,24);1H. The second-order valence-electron chi connectivity index (χ2n) is 6.10. The Morgan fingerprint density at radius 2 is 1.78 bits per heavy atom. The average Bonchev–Trinajstić information content (AvgIpc) is 3.15. The maximum Gasteiger partial charge on any atom is 0.191 e. The van der Waals surface area contributed by atoms with E-state index in [9.17, 15) is 0 Å². The first-order chi connectivity index (χ1) is 12.8. The number of aromatic nitrogens is 2. The zero-order valence-corrected chi connectivity index (χ0v) is 18.1. The van der Waals surface area contributed by atoms with Gasteiger partial charge >= 0.3 is 0 Å². The van der Waals surface area contributed by atoms with E-state index in [2.05, 4.69) is 58.8 Å². The average molecular weight is 475 g/mol. The molecule has 0 aliphatic carbocycles. The Labute approximate surface area is 177 Å². The van der Waals surface area contributed by atoms with E-state index >= 15 is 0 Å². The number of nitrogens with zero attached hydrogens (tertiary/aromatic N) is 3. The Hall–Kier alpha value is -2.35. The van der Waals surface area contributed by atoms with Crippen LogP contribution in [0.25, 0.3) is 5.69 Å². The van der Waals surface area contributed by atoms with Crippen LogP contribution in [-0.4, -0.2) is 22.3 Å². The summed E-state index contributed by atoms with van der Waals surface area (Å²) in [6.07, 6.45) is 3.88. The molecule has 0 spiro atoms. The fourth-order valence-electron chi connectivity index (χ4n) is 2.66. The van der Waals surface area contributed by atoms with Gasteiger partial charge in [0.05, 0.1) is 18.4 Å². The summed E-state index contributed by atoms with van der Waals surface area (Å²) in [4.78, 5) is 4.68. The van der Waals surface area contributed by atoms with Crippen LogP contribution in [0.15, 0.2) is 72.0 Å². The van der Waals surface area contributed by atoms with Crippen LogP contribution in [0.3, 0.4) is 0 Å². The van der Waals surface area contributed by atoms with Gasteiger partial charge in [0.15, 0.2) is 5.96 Å². The molecule has 0 aliphatic heterocycles. The molecule has 0 amide bonds. The molecule has 3 rings (SSSR count). The molecule has 142 valence electrons. The molecule has 3 aromatic rings. The van der Waals surface area contributed by atoms with Gasteiger partial charge in [-0.2, -0.15) is 5.10 Å². The molecule has 6 heteroatoms. The Kier molecular flexibility index (Phi) is 8.32. The van der Waals surface area contributed by atoms with Crippen molar-refractivity contribution in [2.75, 3.05) is 6.54 Å². The smallest absolute Gasteiger partial charge is 0.191 e. The van der Waals surface area contributed by atoms with E-state index in [0.29, 0.717) is 6.54 Å². The summed E-state index contributed by atoms with van der Waals surface area (Å²) in [5, 5.41) is 11.1. The number of halogens is 1. The third-order valence-corrected chi connectivity index (χ3v) is 4.13. The van der Waals surface area contributed by atoms with Crippen LogP contribution >= 0.6 is 24.0 Å². The van der Waals surface area contributed by atoms with E-state index in [1.54, 1.807) is 0 Å². The van der Waals surface area contributed by atoms with Gasteiger partial charge in [-0.05, 0) is 37.1 Å². The van der Waals surface area contributed by atoms with Crippen molar-refractivity contribution in [2.24, 2.45) is 4.99 Å². The highest BCUT2D eigenvalue weighted by Crippen LogP contribution is 2.09. The van der Waals surface area contributed by atoms with Crippen LogP contribution in [0.1, 0.15) is 23.6 Å². The van der Waals surface area contributed by atoms with Gasteiger partial charge in [-0.1, -0.05) is 42.5 Å². The van der Waals surface area contributed by atoms with E-state index < -0.39 is 0 Å². The van der Waals surface area contributed by atoms with Crippen molar-refractivity contribution in [3.63, 3.8) is 0 Å². The minimum atomic E-state index is 0. The molecule has 0 fully saturated rings. The molecule has 0 bridgehead atoms. The number of aryl methyl sites for hydroxylation is 1. The molecule has 0 saturated heterocycles. The summed E-state index contributed by atoms with van der Waals surface area (Å²) < 4.78 is 1.87. The Balaban J connectivity index is 0.00000261. The second kappa shape index (κ2) is 10.7. The Morgan fingerprint density at radius 3 is 2.52 bits per heavy atom. The van der Waals surface area contributed by atoms with Gasteiger partial charge in [0.25, 0.3) is 0 Å². The van der Waals surface area contributed by atoms with E-state index in [1.807, 2.05) is 47.4 Å². The van der Waals surface area contributed by atoms with Crippen LogP contribution in [0.5, 0.6) is 0 Å². The number of guanidine groups is 1. The highest BCUT2D eigenvalue weighted by atomic mass is 127. The highest BCUT2D eigenvalue weighted by Gasteiger charge is 2.03. The third-order valence-electron chi connectivity index (χ3n) is 4.13. The maximum absolute atomic E-state index is 4.68. The van der Waals surface area contributed by atoms with Crippen LogP contribution in [-0.2, 0) is 13.1 Å². The van der Waals surface area contributed by atoms with E-state index in [1.165, 1.54) is 11.1 Å². The fraction of sp³-hybridized carbons (Fsp3) is 0.238. The van der Waals surface area contributed by atoms with Crippen molar-refractivity contribution < 1.29 is 0 Å². The first-order valence-corrected chi connectivity index (χ1v) is 8.92. The number of benzene rings is 2. The minimum Gasteiger partial charge on any atom is -0.357 e. The molecule has 0 aliphatic rings. The molecule has 0 unspecified atom stereocenters. The van der Waals surface area contributed by atoms with Crippen LogP contribution in [0.4, 0.5) is 0 Å². The van der Waals surface area contributed by atoms with Gasteiger partial charge in [0.2, 0.25) is 0 Å². The Bertz CT molecular complexity index is 858. The van der Waals surface area contributed by atoms with E-state index in [4.69, 9.17) is 0 Å². The summed E-state index contributed by atoms with van der Waals surface area (Å²) in [6, 6.07) is 18.5. The summed E-state index contributed by atoms with van der Waals surface area (Å²) in [5.41, 5.74) is 4.67. The van der Waals surface area contributed by atoms with Gasteiger partial charge in [-0.15, -0.1) is 24.0 Å². The summed E-state index contributed by atoms with van der Waals surface area (Å²) in [5.74, 6) is 0.809. The van der Waals surface area contributed by atoms with Crippen molar-refractivity contribution in [2.45, 2.75) is 26.9 Å². The molecule has 27 heavy (non-hydrogen) atoms. The lowest BCUT2D eigenvalue weighted by Crippen LogP contribution is -2.36. The van der Waals surface area contributed by atoms with Gasteiger partial charge in [0, 0.05) is 24.8 Å². The number of rotatable bonds is 6. The third kappa shape index (κ3) is 6.09. The molecule has 1 aromatic heterocycles. The zero-order chi connectivity index (χ0) is 18.2. The lowest BCUT2D eigenvalue weighted by Gasteiger charge is -2.12. The van der Waals surface area contributed by atoms with Gasteiger partial charge in [-0.3, -0.25) is 0 Å². The number of hydrogen-bond acceptors (Lipinski definition) is 2. The van der Waals surface area contributed by atoms with Crippen LogP contribution in [0, 0.1) is 6.92 Å². The SMILES string of the molecule is CCNC(=NCc1cnn(-c2ccccc2)c1)NCc1ccccc1C.I. The van der Waals surface area contributed by atoms with Gasteiger partial charge in [-0.25, -0.2) is 9.67 Å². The normalized spacial score (nSPS) is 11.0. The largest absolute Gasteiger partial charge is 0.357 e. The van der Waals surface area contributed by atoms with Gasteiger partial charge in [0.1, 0.15) is 0 Å². The summed E-state index contributed by atoms with van der Waals surface area (Å²) >= 11 is 0. The van der Waals surface area contributed by atoms with Crippen LogP contribution in [0.2, 0.25) is 0 Å². The molecule has 2 aromatic carbocycles. The number of hydrogen-bond donors (Lipinski definition) is 2. The predicted octanol–water partition coefficient (Wildman–Crippen LogP) is 4.05. The molecular weight excluding hydrogens is 449 g/mol. The molecule has 5 nitrogen and oxygen atoms in total. The maximum atomic E-state index is 4.68. The first-order valence-electron chi connectivity index (χ1n) is 8.92. The Morgan fingerprint density at radius 1 is 1.04 bits per heavy atom. The molecule has 0 saturated carbocycles. The van der Waals surface area contributed by atoms with Crippen molar-refractivity contribution >= 4 is 29.9 Å². The highest BCUT2D eigenvalue weighted by molar-refractivity contribution is 14.0. The summed E-state index contributed by atoms with van der Waals surface area (Å²) in [6.45, 7) is 6.35. The molecule has 0 atom stereocenters. The number of nitrogens with one attached hydrogen (secondary N) is 2. The van der Waals surface area contributed by atoms with Crippen molar-refractivity contribution in [1.29, 1.82) is 0 Å². The van der Waals surface area contributed by atoms with Gasteiger partial charge < -0.3 is 10.6 Å².